The molecule has 0 aliphatic carbocycles. The molecule has 3 nitrogen and oxygen atoms in total. The van der Waals surface area contributed by atoms with E-state index in [9.17, 15) is 5.26 Å². The van der Waals surface area contributed by atoms with E-state index in [0.717, 1.165) is 11.1 Å². The first kappa shape index (κ1) is 11.8. The molecular weight excluding hydrogens is 216 g/mol. The molecule has 0 bridgehead atoms. The summed E-state index contributed by atoms with van der Waals surface area (Å²) in [6.07, 6.45) is 0. The highest BCUT2D eigenvalue weighted by Crippen LogP contribution is 2.33. The maximum absolute atomic E-state index is 9.26. The number of hydrogen-bond donors (Lipinski definition) is 1. The van der Waals surface area contributed by atoms with E-state index in [4.69, 9.17) is 4.74 Å². The van der Waals surface area contributed by atoms with Crippen molar-refractivity contribution in [3.8, 4) is 0 Å². The van der Waals surface area contributed by atoms with E-state index in [0.29, 0.717) is 0 Å². The lowest BCUT2D eigenvalue weighted by Gasteiger charge is -2.29. The van der Waals surface area contributed by atoms with Crippen LogP contribution in [0.5, 0.6) is 0 Å². The topological polar surface area (TPSA) is 38.7 Å². The summed E-state index contributed by atoms with van der Waals surface area (Å²) in [5.74, 6) is -1.28. The zero-order valence-corrected chi connectivity index (χ0v) is 9.54. The summed E-state index contributed by atoms with van der Waals surface area (Å²) < 4.78 is 5.39. The molecule has 0 unspecified atom stereocenters. The largest absolute Gasteiger partial charge is 0.344 e. The second kappa shape index (κ2) is 5.10. The molecule has 88 valence electrons. The fraction of sp³-hybridized carbons (Fsp3) is 0.143. The van der Waals surface area contributed by atoms with Crippen molar-refractivity contribution in [1.29, 1.82) is 0 Å². The summed E-state index contributed by atoms with van der Waals surface area (Å²) in [6, 6.07) is 18.6. The van der Waals surface area contributed by atoms with Crippen LogP contribution < -0.4 is 0 Å². The van der Waals surface area contributed by atoms with Crippen LogP contribution in [0.3, 0.4) is 0 Å². The Morgan fingerprint density at radius 1 is 0.824 bits per heavy atom. The fourth-order valence-corrected chi connectivity index (χ4v) is 1.86. The Kier molecular flexibility index (Phi) is 3.54. The lowest BCUT2D eigenvalue weighted by molar-refractivity contribution is -0.390. The molecule has 0 spiro atoms. The predicted molar refractivity (Wildman–Crippen MR) is 64.4 cm³/mol. The molecule has 0 heterocycles. The molecule has 0 aliphatic heterocycles. The summed E-state index contributed by atoms with van der Waals surface area (Å²) in [6.45, 7) is 0. The van der Waals surface area contributed by atoms with E-state index < -0.39 is 5.79 Å². The van der Waals surface area contributed by atoms with Gasteiger partial charge in [-0.15, -0.1) is 0 Å². The average molecular weight is 230 g/mol. The predicted octanol–water partition coefficient (Wildman–Crippen LogP) is 3.02. The van der Waals surface area contributed by atoms with Crippen LogP contribution in [0.15, 0.2) is 60.7 Å². The van der Waals surface area contributed by atoms with Crippen molar-refractivity contribution >= 4 is 0 Å². The van der Waals surface area contributed by atoms with Gasteiger partial charge in [-0.2, -0.15) is 4.89 Å². The number of hydrogen-bond acceptors (Lipinski definition) is 3. The summed E-state index contributed by atoms with van der Waals surface area (Å²) in [7, 11) is 1.50. The van der Waals surface area contributed by atoms with Gasteiger partial charge >= 0.3 is 0 Å². The average Bonchev–Trinajstić information content (AvgIpc) is 2.43. The summed E-state index contributed by atoms with van der Waals surface area (Å²) in [4.78, 5) is 4.64. The highest BCUT2D eigenvalue weighted by atomic mass is 17.1. The van der Waals surface area contributed by atoms with E-state index in [-0.39, 0.29) is 0 Å². The van der Waals surface area contributed by atoms with E-state index >= 15 is 0 Å². The van der Waals surface area contributed by atoms with Gasteiger partial charge in [0.15, 0.2) is 0 Å². The first-order valence-electron chi connectivity index (χ1n) is 5.32. The third-order valence-corrected chi connectivity index (χ3v) is 2.72. The van der Waals surface area contributed by atoms with Crippen LogP contribution in [0.2, 0.25) is 0 Å². The van der Waals surface area contributed by atoms with Gasteiger partial charge in [-0.1, -0.05) is 60.7 Å². The Hall–Kier alpha value is -1.68. The molecule has 2 aromatic carbocycles. The van der Waals surface area contributed by atoms with Crippen molar-refractivity contribution in [3.63, 3.8) is 0 Å². The molecule has 2 aromatic rings. The number of rotatable bonds is 4. The molecule has 3 heteroatoms. The van der Waals surface area contributed by atoms with Crippen LogP contribution >= 0.6 is 0 Å². The minimum Gasteiger partial charge on any atom is -0.344 e. The van der Waals surface area contributed by atoms with Gasteiger partial charge in [0, 0.05) is 18.2 Å². The zero-order valence-electron chi connectivity index (χ0n) is 9.54. The quantitative estimate of drug-likeness (QED) is 0.498. The van der Waals surface area contributed by atoms with Crippen molar-refractivity contribution in [2.75, 3.05) is 7.11 Å². The molecule has 0 atom stereocenters. The van der Waals surface area contributed by atoms with Gasteiger partial charge in [0.1, 0.15) is 0 Å². The fourth-order valence-electron chi connectivity index (χ4n) is 1.86. The van der Waals surface area contributed by atoms with Gasteiger partial charge in [-0.05, 0) is 0 Å². The molecule has 17 heavy (non-hydrogen) atoms. The lowest BCUT2D eigenvalue weighted by atomic mass is 9.97. The summed E-state index contributed by atoms with van der Waals surface area (Å²) >= 11 is 0. The first-order chi connectivity index (χ1) is 8.33. The van der Waals surface area contributed by atoms with Crippen molar-refractivity contribution in [3.05, 3.63) is 71.8 Å². The normalized spacial score (nSPS) is 11.4. The Labute approximate surface area is 100 Å². The van der Waals surface area contributed by atoms with Crippen LogP contribution in [0.25, 0.3) is 0 Å². The summed E-state index contributed by atoms with van der Waals surface area (Å²) in [5.41, 5.74) is 1.47. The van der Waals surface area contributed by atoms with Gasteiger partial charge in [-0.3, -0.25) is 0 Å². The summed E-state index contributed by atoms with van der Waals surface area (Å²) in [5, 5.41) is 9.26. The molecule has 0 aromatic heterocycles. The Morgan fingerprint density at radius 2 is 1.24 bits per heavy atom. The molecule has 0 amide bonds. The third-order valence-electron chi connectivity index (χ3n) is 2.72. The standard InChI is InChI=1S/C14H14O3/c1-16-14(17-15,12-8-4-2-5-9-12)13-10-6-3-7-11-13/h2-11,15H,1H3. The number of ether oxygens (including phenoxy) is 1. The van der Waals surface area contributed by atoms with Gasteiger partial charge in [0.25, 0.3) is 5.79 Å². The third kappa shape index (κ3) is 2.08. The minimum absolute atomic E-state index is 0.733. The monoisotopic (exact) mass is 230 g/mol. The Balaban J connectivity index is 2.54. The van der Waals surface area contributed by atoms with Crippen LogP contribution in [-0.4, -0.2) is 12.4 Å². The maximum Gasteiger partial charge on any atom is 0.253 e. The highest BCUT2D eigenvalue weighted by molar-refractivity contribution is 5.33. The SMILES string of the molecule is COC(OO)(c1ccccc1)c1ccccc1. The molecule has 0 saturated heterocycles. The first-order valence-corrected chi connectivity index (χ1v) is 5.32. The molecule has 0 saturated carbocycles. The maximum atomic E-state index is 9.26. The van der Waals surface area contributed by atoms with Crippen molar-refractivity contribution in [1.82, 2.24) is 0 Å². The minimum atomic E-state index is -1.28. The van der Waals surface area contributed by atoms with Crippen LogP contribution in [-0.2, 0) is 15.4 Å². The second-order valence-electron chi connectivity index (χ2n) is 3.64. The van der Waals surface area contributed by atoms with Gasteiger partial charge < -0.3 is 4.74 Å². The van der Waals surface area contributed by atoms with Crippen molar-refractivity contribution in [2.24, 2.45) is 0 Å². The van der Waals surface area contributed by atoms with Crippen LogP contribution in [0.1, 0.15) is 11.1 Å². The van der Waals surface area contributed by atoms with E-state index in [2.05, 4.69) is 4.89 Å². The van der Waals surface area contributed by atoms with Gasteiger partial charge in [0.2, 0.25) is 0 Å². The zero-order chi connectivity index (χ0) is 12.1. The van der Waals surface area contributed by atoms with Crippen LogP contribution in [0, 0.1) is 0 Å². The molecular formula is C14H14O3. The molecule has 2 rings (SSSR count). The van der Waals surface area contributed by atoms with E-state index in [1.165, 1.54) is 7.11 Å². The van der Waals surface area contributed by atoms with Gasteiger partial charge in [-0.25, -0.2) is 5.26 Å². The number of benzene rings is 2. The van der Waals surface area contributed by atoms with Crippen LogP contribution in [0.4, 0.5) is 0 Å². The lowest BCUT2D eigenvalue weighted by Crippen LogP contribution is -2.32. The van der Waals surface area contributed by atoms with E-state index in [1.807, 2.05) is 60.7 Å². The molecule has 0 fully saturated rings. The number of methoxy groups -OCH3 is 1. The second-order valence-corrected chi connectivity index (χ2v) is 3.64. The van der Waals surface area contributed by atoms with E-state index in [1.54, 1.807) is 0 Å². The molecule has 0 radical (unpaired) electrons. The molecule has 0 aliphatic rings. The van der Waals surface area contributed by atoms with Crippen molar-refractivity contribution in [2.45, 2.75) is 5.79 Å². The molecule has 1 N–H and O–H groups in total. The highest BCUT2D eigenvalue weighted by Gasteiger charge is 2.36. The van der Waals surface area contributed by atoms with Gasteiger partial charge in [0.05, 0.1) is 0 Å². The Morgan fingerprint density at radius 3 is 1.53 bits per heavy atom. The van der Waals surface area contributed by atoms with Crippen molar-refractivity contribution < 1.29 is 14.9 Å². The smallest absolute Gasteiger partial charge is 0.253 e. The Bertz CT molecular complexity index is 408.